The number of rotatable bonds is 7. The van der Waals surface area contributed by atoms with Gasteiger partial charge in [-0.2, -0.15) is 11.8 Å². The molecule has 176 valence electrons. The number of carbonyl (C=O) groups is 2. The minimum absolute atomic E-state index is 0.0428. The Kier molecular flexibility index (Phi) is 8.88. The maximum absolute atomic E-state index is 12.6. The molecule has 0 radical (unpaired) electrons. The summed E-state index contributed by atoms with van der Waals surface area (Å²) in [5, 5.41) is 6.35. The van der Waals surface area contributed by atoms with E-state index in [-0.39, 0.29) is 23.8 Å². The third-order valence-corrected chi connectivity index (χ3v) is 7.94. The Morgan fingerprint density at radius 2 is 1.69 bits per heavy atom. The van der Waals surface area contributed by atoms with E-state index in [4.69, 9.17) is 0 Å². The largest absolute Gasteiger partial charge is 0.353 e. The number of thioether (sulfide) groups is 1. The normalized spacial score (nSPS) is 21.9. The van der Waals surface area contributed by atoms with E-state index in [1.165, 1.54) is 36.3 Å². The van der Waals surface area contributed by atoms with Gasteiger partial charge in [-0.3, -0.25) is 19.4 Å². The monoisotopic (exact) mass is 458 g/mol. The molecule has 0 aromatic heterocycles. The number of amides is 2. The molecule has 3 fully saturated rings. The van der Waals surface area contributed by atoms with E-state index < -0.39 is 0 Å². The molecular formula is C25H38N4O2S. The number of hydrogen-bond acceptors (Lipinski definition) is 5. The van der Waals surface area contributed by atoms with Gasteiger partial charge in [0.25, 0.3) is 0 Å². The van der Waals surface area contributed by atoms with E-state index >= 15 is 0 Å². The number of anilines is 1. The van der Waals surface area contributed by atoms with Crippen molar-refractivity contribution in [2.75, 3.05) is 49.5 Å². The van der Waals surface area contributed by atoms with Crippen LogP contribution in [0.15, 0.2) is 24.3 Å². The molecule has 0 unspecified atom stereocenters. The van der Waals surface area contributed by atoms with Crippen LogP contribution in [0.5, 0.6) is 0 Å². The van der Waals surface area contributed by atoms with Crippen LogP contribution in [0.3, 0.4) is 0 Å². The minimum Gasteiger partial charge on any atom is -0.353 e. The minimum atomic E-state index is 0.0428. The lowest BCUT2D eigenvalue weighted by Crippen LogP contribution is -2.48. The highest BCUT2D eigenvalue weighted by Crippen LogP contribution is 2.24. The molecule has 1 saturated carbocycles. The first-order valence-corrected chi connectivity index (χ1v) is 13.5. The molecule has 7 heteroatoms. The average molecular weight is 459 g/mol. The Labute approximate surface area is 196 Å². The summed E-state index contributed by atoms with van der Waals surface area (Å²) in [6.45, 7) is 5.35. The van der Waals surface area contributed by atoms with Crippen LogP contribution >= 0.6 is 11.8 Å². The molecule has 0 spiro atoms. The smallest absolute Gasteiger partial charge is 0.238 e. The highest BCUT2D eigenvalue weighted by atomic mass is 32.2. The number of hydrogen-bond donors (Lipinski definition) is 2. The van der Waals surface area contributed by atoms with E-state index in [0.29, 0.717) is 6.54 Å². The van der Waals surface area contributed by atoms with Crippen molar-refractivity contribution in [3.63, 3.8) is 0 Å². The molecule has 1 aliphatic carbocycles. The van der Waals surface area contributed by atoms with E-state index in [1.54, 1.807) is 0 Å². The fourth-order valence-corrected chi connectivity index (χ4v) is 6.07. The van der Waals surface area contributed by atoms with E-state index in [9.17, 15) is 9.59 Å². The maximum atomic E-state index is 12.6. The summed E-state index contributed by atoms with van der Waals surface area (Å²) in [7, 11) is 0. The van der Waals surface area contributed by atoms with Crippen molar-refractivity contribution in [1.82, 2.24) is 15.1 Å². The molecule has 2 N–H and O–H groups in total. The van der Waals surface area contributed by atoms with Crippen LogP contribution in [0.25, 0.3) is 0 Å². The van der Waals surface area contributed by atoms with Gasteiger partial charge in [0.1, 0.15) is 0 Å². The predicted octanol–water partition coefficient (Wildman–Crippen LogP) is 3.33. The van der Waals surface area contributed by atoms with Crippen LogP contribution in [0.2, 0.25) is 0 Å². The fraction of sp³-hybridized carbons (Fsp3) is 0.680. The first kappa shape index (κ1) is 23.6. The third-order valence-electron chi connectivity index (χ3n) is 7.00. The van der Waals surface area contributed by atoms with Crippen LogP contribution in [0.1, 0.15) is 50.5 Å². The van der Waals surface area contributed by atoms with Crippen LogP contribution in [-0.4, -0.2) is 71.9 Å². The summed E-state index contributed by atoms with van der Waals surface area (Å²) in [6.07, 6.45) is 7.58. The van der Waals surface area contributed by atoms with Crippen molar-refractivity contribution in [2.45, 2.75) is 57.5 Å². The summed E-state index contributed by atoms with van der Waals surface area (Å²) in [5.74, 6) is 2.93. The topological polar surface area (TPSA) is 64.7 Å². The van der Waals surface area contributed by atoms with Gasteiger partial charge in [0, 0.05) is 61.9 Å². The van der Waals surface area contributed by atoms with Crippen LogP contribution in [0.4, 0.5) is 5.69 Å². The van der Waals surface area contributed by atoms with Gasteiger partial charge in [0.05, 0.1) is 6.54 Å². The third kappa shape index (κ3) is 7.22. The first-order valence-electron chi connectivity index (χ1n) is 12.4. The lowest BCUT2D eigenvalue weighted by atomic mass is 9.88. The quantitative estimate of drug-likeness (QED) is 0.656. The standard InChI is InChI=1S/C25H38N4O2S/c30-24(26-23-8-4-5-20(17-23)18-29-13-15-32-16-14-29)19-28-11-9-22(10-12-28)27-25(31)21-6-2-1-3-7-21/h4-5,8,17,21-22H,1-3,6-7,9-16,18-19H2,(H,26,30)(H,27,31). The molecule has 32 heavy (non-hydrogen) atoms. The zero-order valence-corrected chi connectivity index (χ0v) is 20.0. The van der Waals surface area contributed by atoms with Crippen LogP contribution in [-0.2, 0) is 16.1 Å². The van der Waals surface area contributed by atoms with Gasteiger partial charge >= 0.3 is 0 Å². The number of nitrogens with zero attached hydrogens (tertiary/aromatic N) is 2. The van der Waals surface area contributed by atoms with Gasteiger partial charge in [0.2, 0.25) is 11.8 Å². The average Bonchev–Trinajstić information content (AvgIpc) is 2.82. The van der Waals surface area contributed by atoms with Crippen molar-refractivity contribution < 1.29 is 9.59 Å². The molecular weight excluding hydrogens is 420 g/mol. The SMILES string of the molecule is O=C(CN1CCC(NC(=O)C2CCCCC2)CC1)Nc1cccc(CN2CCSCC2)c1. The predicted molar refractivity (Wildman–Crippen MR) is 132 cm³/mol. The molecule has 0 bridgehead atoms. The lowest BCUT2D eigenvalue weighted by Gasteiger charge is -2.33. The zero-order chi connectivity index (χ0) is 22.2. The summed E-state index contributed by atoms with van der Waals surface area (Å²) in [5.41, 5.74) is 2.14. The molecule has 1 aromatic rings. The number of carbonyl (C=O) groups excluding carboxylic acids is 2. The van der Waals surface area contributed by atoms with E-state index in [1.807, 2.05) is 23.9 Å². The summed E-state index contributed by atoms with van der Waals surface area (Å²) >= 11 is 2.02. The summed E-state index contributed by atoms with van der Waals surface area (Å²) < 4.78 is 0. The fourth-order valence-electron chi connectivity index (χ4n) is 5.09. The second-order valence-corrected chi connectivity index (χ2v) is 10.8. The molecule has 2 saturated heterocycles. The molecule has 2 heterocycles. The number of benzene rings is 1. The Bertz CT molecular complexity index is 754. The summed E-state index contributed by atoms with van der Waals surface area (Å²) in [4.78, 5) is 29.8. The van der Waals surface area contributed by atoms with E-state index in [2.05, 4.69) is 32.6 Å². The van der Waals surface area contributed by atoms with Crippen LogP contribution in [0, 0.1) is 5.92 Å². The van der Waals surface area contributed by atoms with Gasteiger partial charge in [-0.05, 0) is 43.4 Å². The van der Waals surface area contributed by atoms with Crippen molar-refractivity contribution in [1.29, 1.82) is 0 Å². The molecule has 6 nitrogen and oxygen atoms in total. The molecule has 3 aliphatic rings. The van der Waals surface area contributed by atoms with Crippen molar-refractivity contribution in [2.24, 2.45) is 5.92 Å². The van der Waals surface area contributed by atoms with E-state index in [0.717, 1.165) is 64.1 Å². The van der Waals surface area contributed by atoms with Gasteiger partial charge < -0.3 is 10.6 Å². The second kappa shape index (κ2) is 12.1. The lowest BCUT2D eigenvalue weighted by molar-refractivity contribution is -0.127. The number of likely N-dealkylation sites (tertiary alicyclic amines) is 1. The van der Waals surface area contributed by atoms with Crippen molar-refractivity contribution >= 4 is 29.3 Å². The number of piperidine rings is 1. The highest BCUT2D eigenvalue weighted by Gasteiger charge is 2.26. The maximum Gasteiger partial charge on any atom is 0.238 e. The second-order valence-electron chi connectivity index (χ2n) is 9.53. The Morgan fingerprint density at radius 3 is 2.44 bits per heavy atom. The van der Waals surface area contributed by atoms with Gasteiger partial charge in [0.15, 0.2) is 0 Å². The summed E-state index contributed by atoms with van der Waals surface area (Å²) in [6, 6.07) is 8.51. The first-order chi connectivity index (χ1) is 15.7. The number of nitrogens with one attached hydrogen (secondary N) is 2. The van der Waals surface area contributed by atoms with Crippen molar-refractivity contribution in [3.05, 3.63) is 29.8 Å². The van der Waals surface area contributed by atoms with Gasteiger partial charge in [-0.1, -0.05) is 31.4 Å². The van der Waals surface area contributed by atoms with Gasteiger partial charge in [-0.15, -0.1) is 0 Å². The highest BCUT2D eigenvalue weighted by molar-refractivity contribution is 7.99. The van der Waals surface area contributed by atoms with Crippen molar-refractivity contribution in [3.8, 4) is 0 Å². The zero-order valence-electron chi connectivity index (χ0n) is 19.2. The Morgan fingerprint density at radius 1 is 0.938 bits per heavy atom. The molecule has 1 aromatic carbocycles. The molecule has 0 atom stereocenters. The molecule has 2 amide bonds. The Hall–Kier alpha value is -1.57. The Balaban J connectivity index is 1.17. The van der Waals surface area contributed by atoms with Gasteiger partial charge in [-0.25, -0.2) is 0 Å². The van der Waals surface area contributed by atoms with Crippen LogP contribution < -0.4 is 10.6 Å². The molecule has 4 rings (SSSR count). The molecule has 2 aliphatic heterocycles.